The first kappa shape index (κ1) is 25.8. The van der Waals surface area contributed by atoms with Gasteiger partial charge in [-0.25, -0.2) is 0 Å². The molecule has 0 radical (unpaired) electrons. The molecule has 0 saturated heterocycles. The van der Waals surface area contributed by atoms with Crippen molar-refractivity contribution in [3.8, 4) is 0 Å². The molecule has 5 rings (SSSR count). The van der Waals surface area contributed by atoms with E-state index in [-0.39, 0.29) is 31.6 Å². The number of hydrogen-bond acceptors (Lipinski definition) is 7. The fourth-order valence-electron chi connectivity index (χ4n) is 4.88. The molecule has 2 aliphatic rings. The Labute approximate surface area is 220 Å². The highest BCUT2D eigenvalue weighted by Crippen LogP contribution is 2.37. The van der Waals surface area contributed by atoms with Gasteiger partial charge >= 0.3 is 0 Å². The molecule has 1 aliphatic carbocycles. The van der Waals surface area contributed by atoms with Gasteiger partial charge in [-0.3, -0.25) is 9.59 Å². The van der Waals surface area contributed by atoms with Crippen molar-refractivity contribution in [1.29, 1.82) is 0 Å². The highest BCUT2D eigenvalue weighted by Gasteiger charge is 2.45. The molecule has 1 unspecified atom stereocenters. The lowest BCUT2D eigenvalue weighted by Gasteiger charge is -2.37. The largest absolute Gasteiger partial charge is 0.395 e. The van der Waals surface area contributed by atoms with Crippen LogP contribution in [0.15, 0.2) is 72.8 Å². The molecule has 1 aliphatic heterocycles. The molecule has 0 fully saturated rings. The van der Waals surface area contributed by atoms with Crippen LogP contribution in [0.3, 0.4) is 0 Å². The van der Waals surface area contributed by atoms with Crippen LogP contribution in [0.25, 0.3) is 0 Å². The van der Waals surface area contributed by atoms with Crippen molar-refractivity contribution in [2.24, 2.45) is 5.73 Å². The van der Waals surface area contributed by atoms with Gasteiger partial charge in [-0.2, -0.15) is 0 Å². The molecule has 2 atom stereocenters. The number of nitrogens with one attached hydrogen (secondary N) is 2. The number of aliphatic hydroxyl groups is 1. The monoisotopic (exact) mass is 516 g/mol. The zero-order chi connectivity index (χ0) is 26.6. The van der Waals surface area contributed by atoms with E-state index in [4.69, 9.17) is 10.5 Å². The van der Waals surface area contributed by atoms with Crippen molar-refractivity contribution in [2.45, 2.75) is 43.0 Å². The Morgan fingerprint density at radius 1 is 1.05 bits per heavy atom. The molecule has 1 aromatic heterocycles. The lowest BCUT2D eigenvalue weighted by molar-refractivity contribution is -0.127. The van der Waals surface area contributed by atoms with Crippen LogP contribution < -0.4 is 16.4 Å². The fourth-order valence-corrected chi connectivity index (χ4v) is 4.88. The van der Waals surface area contributed by atoms with Crippen molar-refractivity contribution in [3.05, 3.63) is 95.6 Å². The maximum absolute atomic E-state index is 13.4. The summed E-state index contributed by atoms with van der Waals surface area (Å²) in [4.78, 5) is 26.2. The number of carbonyl (C=O) groups excluding carboxylic acids is 2. The van der Waals surface area contributed by atoms with Gasteiger partial charge in [0, 0.05) is 19.5 Å². The number of benzene rings is 2. The smallest absolute Gasteiger partial charge is 0.248 e. The number of aliphatic hydroxyl groups excluding tert-OH is 1. The normalized spacial score (nSPS) is 19.8. The third kappa shape index (κ3) is 5.24. The molecule has 0 saturated carbocycles. The van der Waals surface area contributed by atoms with E-state index >= 15 is 0 Å². The van der Waals surface area contributed by atoms with E-state index in [0.717, 1.165) is 11.1 Å². The fraction of sp³-hybridized carbons (Fsp3) is 0.357. The summed E-state index contributed by atoms with van der Waals surface area (Å²) in [6.07, 6.45) is 4.11. The number of nitrogens with two attached hydrogens (primary N) is 1. The average molecular weight is 517 g/mol. The van der Waals surface area contributed by atoms with E-state index in [1.165, 1.54) is 0 Å². The van der Waals surface area contributed by atoms with Crippen LogP contribution in [0.2, 0.25) is 0 Å². The highest BCUT2D eigenvalue weighted by atomic mass is 16.5. The van der Waals surface area contributed by atoms with Crippen molar-refractivity contribution < 1.29 is 19.4 Å². The minimum atomic E-state index is -1.09. The van der Waals surface area contributed by atoms with E-state index < -0.39 is 17.0 Å². The first-order valence-electron chi connectivity index (χ1n) is 12.7. The van der Waals surface area contributed by atoms with Crippen molar-refractivity contribution in [1.82, 2.24) is 25.4 Å². The molecule has 2 amide bonds. The van der Waals surface area contributed by atoms with Crippen molar-refractivity contribution in [3.63, 3.8) is 0 Å². The van der Waals surface area contributed by atoms with Crippen LogP contribution in [0.4, 0.5) is 0 Å². The second kappa shape index (κ2) is 10.9. The summed E-state index contributed by atoms with van der Waals surface area (Å²) in [5, 5.41) is 24.0. The number of aromatic nitrogens is 3. The maximum Gasteiger partial charge on any atom is 0.248 e. The van der Waals surface area contributed by atoms with Gasteiger partial charge in [-0.1, -0.05) is 72.8 Å². The lowest BCUT2D eigenvalue weighted by atomic mass is 9.72. The number of nitrogens with zero attached hydrogens (tertiary/aromatic N) is 3. The van der Waals surface area contributed by atoms with Crippen molar-refractivity contribution >= 4 is 11.8 Å². The van der Waals surface area contributed by atoms with Crippen molar-refractivity contribution in [2.75, 3.05) is 19.8 Å². The number of amides is 2. The Morgan fingerprint density at radius 3 is 2.45 bits per heavy atom. The van der Waals surface area contributed by atoms with Gasteiger partial charge < -0.3 is 30.8 Å². The summed E-state index contributed by atoms with van der Waals surface area (Å²) < 4.78 is 7.94. The number of hydrogen-bond donors (Lipinski definition) is 4. The molecule has 198 valence electrons. The molecule has 2 heterocycles. The summed E-state index contributed by atoms with van der Waals surface area (Å²) in [5.74, 6) is 0.710. The highest BCUT2D eigenvalue weighted by molar-refractivity contribution is 5.95. The summed E-state index contributed by atoms with van der Waals surface area (Å²) >= 11 is 0. The van der Waals surface area contributed by atoms with Gasteiger partial charge in [0.15, 0.2) is 5.82 Å². The van der Waals surface area contributed by atoms with Gasteiger partial charge in [-0.15, -0.1) is 10.2 Å². The number of fused-ring (bicyclic) bond motifs is 1. The Balaban J connectivity index is 1.40. The van der Waals surface area contributed by atoms with E-state index in [1.54, 1.807) is 12.2 Å². The molecule has 0 bridgehead atoms. The zero-order valence-electron chi connectivity index (χ0n) is 21.0. The Kier molecular flexibility index (Phi) is 7.37. The topological polar surface area (TPSA) is 144 Å². The Hall–Kier alpha value is -3.86. The van der Waals surface area contributed by atoms with E-state index in [1.807, 2.05) is 65.2 Å². The first-order valence-corrected chi connectivity index (χ1v) is 12.7. The molecule has 38 heavy (non-hydrogen) atoms. The summed E-state index contributed by atoms with van der Waals surface area (Å²) in [7, 11) is 0. The SMILES string of the molecule is NC1(C(=O)N[C@H](COCc2ccccc2)c2nnc3n2CCC(C(=O)NCCO)(c2ccccc2)C3)C=C1. The lowest BCUT2D eigenvalue weighted by Crippen LogP contribution is -2.50. The molecule has 0 spiro atoms. The third-order valence-electron chi connectivity index (χ3n) is 7.17. The maximum atomic E-state index is 13.4. The van der Waals surface area contributed by atoms with E-state index in [9.17, 15) is 14.7 Å². The predicted molar refractivity (Wildman–Crippen MR) is 140 cm³/mol. The van der Waals surface area contributed by atoms with Crippen LogP contribution in [-0.2, 0) is 39.3 Å². The average Bonchev–Trinajstić information content (AvgIpc) is 3.58. The number of carbonyl (C=O) groups is 2. The number of ether oxygens (including phenoxy) is 1. The number of rotatable bonds is 11. The quantitative estimate of drug-likeness (QED) is 0.277. The first-order chi connectivity index (χ1) is 18.4. The van der Waals surface area contributed by atoms with Gasteiger partial charge in [0.25, 0.3) is 0 Å². The van der Waals surface area contributed by atoms with Crippen LogP contribution in [-0.4, -0.2) is 57.0 Å². The minimum absolute atomic E-state index is 0.140. The van der Waals surface area contributed by atoms with Crippen LogP contribution in [0.1, 0.15) is 35.2 Å². The summed E-state index contributed by atoms with van der Waals surface area (Å²) in [5.41, 5.74) is 6.01. The molecule has 10 nitrogen and oxygen atoms in total. The predicted octanol–water partition coefficient (Wildman–Crippen LogP) is 0.912. The molecule has 5 N–H and O–H groups in total. The molecule has 2 aromatic carbocycles. The van der Waals surface area contributed by atoms with Gasteiger partial charge in [-0.05, 0) is 17.5 Å². The van der Waals surface area contributed by atoms with E-state index in [2.05, 4.69) is 20.8 Å². The summed E-state index contributed by atoms with van der Waals surface area (Å²) in [6, 6.07) is 18.8. The van der Waals surface area contributed by atoms with Crippen LogP contribution >= 0.6 is 0 Å². The second-order valence-corrected chi connectivity index (χ2v) is 9.77. The third-order valence-corrected chi connectivity index (χ3v) is 7.17. The molecular weight excluding hydrogens is 484 g/mol. The minimum Gasteiger partial charge on any atom is -0.395 e. The molecule has 3 aromatic rings. The van der Waals surface area contributed by atoms with Gasteiger partial charge in [0.05, 0.1) is 25.2 Å². The van der Waals surface area contributed by atoms with Gasteiger partial charge in [0.2, 0.25) is 11.8 Å². The Morgan fingerprint density at radius 2 is 1.76 bits per heavy atom. The van der Waals surface area contributed by atoms with Gasteiger partial charge in [0.1, 0.15) is 17.4 Å². The van der Waals surface area contributed by atoms with Crippen LogP contribution in [0.5, 0.6) is 0 Å². The zero-order valence-corrected chi connectivity index (χ0v) is 21.0. The van der Waals surface area contributed by atoms with Crippen LogP contribution in [0, 0.1) is 0 Å². The molecular formula is C28H32N6O4. The Bertz CT molecular complexity index is 1300. The standard InChI is InChI=1S/C28H32N6O4/c29-28(11-12-28)26(37)31-22(19-38-18-20-7-3-1-4-8-20)24-33-32-23-17-27(13-15-34(23)24,25(36)30-14-16-35)21-9-5-2-6-10-21/h1-12,22,35H,13-19,29H2,(H,30,36)(H,31,37)/t22-,27?/m1/s1. The van der Waals surface area contributed by atoms with E-state index in [0.29, 0.717) is 37.6 Å². The second-order valence-electron chi connectivity index (χ2n) is 9.77. The summed E-state index contributed by atoms with van der Waals surface area (Å²) in [6.45, 7) is 1.06. The molecule has 10 heteroatoms.